The van der Waals surface area contributed by atoms with Crippen LogP contribution in [0.3, 0.4) is 0 Å². The molecule has 0 unspecified atom stereocenters. The van der Waals surface area contributed by atoms with Gasteiger partial charge in [-0.3, -0.25) is 4.79 Å². The second-order valence-electron chi connectivity index (χ2n) is 5.50. The molecule has 2 aromatic heterocycles. The van der Waals surface area contributed by atoms with E-state index in [4.69, 9.17) is 4.52 Å². The highest BCUT2D eigenvalue weighted by Gasteiger charge is 2.29. The Morgan fingerprint density at radius 2 is 2.15 bits per heavy atom. The molecule has 7 nitrogen and oxygen atoms in total. The van der Waals surface area contributed by atoms with E-state index in [9.17, 15) is 18.0 Å². The first-order valence-electron chi connectivity index (χ1n) is 8.09. The summed E-state index contributed by atoms with van der Waals surface area (Å²) in [4.78, 5) is 19.8. The molecular formula is C16H19F3N4O3. The number of ether oxygens (including phenoxy) is 1. The smallest absolute Gasteiger partial charge is 0.422 e. The second-order valence-corrected chi connectivity index (χ2v) is 5.50. The fraction of sp³-hybridized carbons (Fsp3) is 0.500. The molecule has 26 heavy (non-hydrogen) atoms. The predicted molar refractivity (Wildman–Crippen MR) is 84.2 cm³/mol. The number of aromatic nitrogens is 3. The van der Waals surface area contributed by atoms with Crippen molar-refractivity contribution < 1.29 is 27.2 Å². The molecule has 0 bridgehead atoms. The molecule has 0 fully saturated rings. The fourth-order valence-electron chi connectivity index (χ4n) is 2.06. The van der Waals surface area contributed by atoms with Crippen molar-refractivity contribution in [1.82, 2.24) is 20.4 Å². The number of hydrogen-bond acceptors (Lipinski definition) is 6. The first-order valence-corrected chi connectivity index (χ1v) is 8.09. The molecule has 1 N–H and O–H groups in total. The lowest BCUT2D eigenvalue weighted by Crippen LogP contribution is -2.24. The van der Waals surface area contributed by atoms with Crippen LogP contribution in [0.25, 0.3) is 0 Å². The maximum atomic E-state index is 12.3. The predicted octanol–water partition coefficient (Wildman–Crippen LogP) is 2.61. The van der Waals surface area contributed by atoms with Crippen LogP contribution in [-0.2, 0) is 24.2 Å². The van der Waals surface area contributed by atoms with E-state index < -0.39 is 12.8 Å². The number of nitrogens with zero attached hydrogens (tertiary/aromatic N) is 3. The zero-order valence-corrected chi connectivity index (χ0v) is 14.2. The molecule has 10 heteroatoms. The molecule has 0 saturated heterocycles. The van der Waals surface area contributed by atoms with E-state index in [-0.39, 0.29) is 31.2 Å². The van der Waals surface area contributed by atoms with E-state index in [1.807, 2.05) is 6.92 Å². The van der Waals surface area contributed by atoms with Gasteiger partial charge in [0.15, 0.2) is 12.4 Å². The van der Waals surface area contributed by atoms with Gasteiger partial charge in [0.2, 0.25) is 17.7 Å². The molecule has 0 aromatic carbocycles. The van der Waals surface area contributed by atoms with Gasteiger partial charge in [-0.2, -0.15) is 18.2 Å². The number of hydrogen-bond donors (Lipinski definition) is 1. The van der Waals surface area contributed by atoms with Crippen molar-refractivity contribution in [2.75, 3.05) is 6.61 Å². The number of nitrogens with one attached hydrogen (secondary N) is 1. The summed E-state index contributed by atoms with van der Waals surface area (Å²) in [5, 5.41) is 6.40. The standard InChI is InChI=1S/C16H19F3N4O3/c1-2-4-12-22-14(26-23-12)7-6-13(24)21-9-11-5-3-8-20-15(11)25-10-16(17,18)19/h3,5,8H,2,4,6-7,9-10H2,1H3,(H,21,24). The van der Waals surface area contributed by atoms with E-state index in [0.29, 0.717) is 23.7 Å². The Labute approximate surface area is 147 Å². The third-order valence-electron chi connectivity index (χ3n) is 3.25. The van der Waals surface area contributed by atoms with Gasteiger partial charge in [-0.25, -0.2) is 4.98 Å². The average Bonchev–Trinajstić information content (AvgIpc) is 3.04. The highest BCUT2D eigenvalue weighted by molar-refractivity contribution is 5.76. The molecule has 0 saturated carbocycles. The van der Waals surface area contributed by atoms with Crippen LogP contribution in [0.2, 0.25) is 0 Å². The molecule has 2 aromatic rings. The van der Waals surface area contributed by atoms with Crippen molar-refractivity contribution in [2.24, 2.45) is 0 Å². The Morgan fingerprint density at radius 1 is 1.35 bits per heavy atom. The zero-order valence-electron chi connectivity index (χ0n) is 14.2. The number of carbonyl (C=O) groups is 1. The number of carbonyl (C=O) groups excluding carboxylic acids is 1. The number of aryl methyl sites for hydroxylation is 2. The van der Waals surface area contributed by atoms with Crippen LogP contribution in [0, 0.1) is 0 Å². The minimum absolute atomic E-state index is 0.00474. The number of pyridine rings is 1. The van der Waals surface area contributed by atoms with Crippen molar-refractivity contribution in [3.05, 3.63) is 35.6 Å². The molecule has 2 heterocycles. The lowest BCUT2D eigenvalue weighted by atomic mass is 10.2. The summed E-state index contributed by atoms with van der Waals surface area (Å²) in [7, 11) is 0. The van der Waals surface area contributed by atoms with E-state index in [1.54, 1.807) is 6.07 Å². The van der Waals surface area contributed by atoms with Gasteiger partial charge in [0, 0.05) is 37.6 Å². The summed E-state index contributed by atoms with van der Waals surface area (Å²) in [6, 6.07) is 3.09. The highest BCUT2D eigenvalue weighted by atomic mass is 19.4. The topological polar surface area (TPSA) is 90.1 Å². The molecule has 0 aliphatic carbocycles. The Balaban J connectivity index is 1.81. The molecule has 2 rings (SSSR count). The van der Waals surface area contributed by atoms with Gasteiger partial charge in [-0.05, 0) is 12.5 Å². The summed E-state index contributed by atoms with van der Waals surface area (Å²) in [6.07, 6.45) is -1.14. The summed E-state index contributed by atoms with van der Waals surface area (Å²) >= 11 is 0. The average molecular weight is 372 g/mol. The molecule has 0 spiro atoms. The quantitative estimate of drug-likeness (QED) is 0.728. The van der Waals surface area contributed by atoms with E-state index in [2.05, 4.69) is 25.2 Å². The first-order chi connectivity index (χ1) is 12.4. The lowest BCUT2D eigenvalue weighted by molar-refractivity contribution is -0.154. The van der Waals surface area contributed by atoms with Crippen LogP contribution in [0.4, 0.5) is 13.2 Å². The number of alkyl halides is 3. The largest absolute Gasteiger partial charge is 0.468 e. The third kappa shape index (κ3) is 6.69. The van der Waals surface area contributed by atoms with Gasteiger partial charge in [0.1, 0.15) is 0 Å². The monoisotopic (exact) mass is 372 g/mol. The van der Waals surface area contributed by atoms with Gasteiger partial charge in [0.05, 0.1) is 0 Å². The first kappa shape index (κ1) is 19.7. The summed E-state index contributed by atoms with van der Waals surface area (Å²) in [6.45, 7) is 0.557. The van der Waals surface area contributed by atoms with Gasteiger partial charge in [-0.1, -0.05) is 18.1 Å². The number of rotatable bonds is 9. The second kappa shape index (κ2) is 9.16. The normalized spacial score (nSPS) is 11.4. The number of amides is 1. The molecule has 0 radical (unpaired) electrons. The Bertz CT molecular complexity index is 719. The van der Waals surface area contributed by atoms with Gasteiger partial charge < -0.3 is 14.6 Å². The van der Waals surface area contributed by atoms with Crippen LogP contribution >= 0.6 is 0 Å². The van der Waals surface area contributed by atoms with E-state index in [0.717, 1.165) is 6.42 Å². The van der Waals surface area contributed by atoms with Gasteiger partial charge in [-0.15, -0.1) is 0 Å². The Hall–Kier alpha value is -2.65. The molecule has 0 aliphatic rings. The fourth-order valence-corrected chi connectivity index (χ4v) is 2.06. The SMILES string of the molecule is CCCc1noc(CCC(=O)NCc2cccnc2OCC(F)(F)F)n1. The van der Waals surface area contributed by atoms with Crippen molar-refractivity contribution in [3.8, 4) is 5.88 Å². The van der Waals surface area contributed by atoms with Crippen molar-refractivity contribution in [2.45, 2.75) is 45.3 Å². The lowest BCUT2D eigenvalue weighted by Gasteiger charge is -2.12. The third-order valence-corrected chi connectivity index (χ3v) is 3.25. The maximum absolute atomic E-state index is 12.3. The van der Waals surface area contributed by atoms with Crippen LogP contribution < -0.4 is 10.1 Å². The minimum atomic E-state index is -4.46. The molecule has 0 atom stereocenters. The van der Waals surface area contributed by atoms with Crippen LogP contribution in [0.5, 0.6) is 5.88 Å². The van der Waals surface area contributed by atoms with Crippen LogP contribution in [0.15, 0.2) is 22.9 Å². The summed E-state index contributed by atoms with van der Waals surface area (Å²) in [5.74, 6) is 0.515. The van der Waals surface area contributed by atoms with Gasteiger partial charge in [0.25, 0.3) is 0 Å². The van der Waals surface area contributed by atoms with Crippen LogP contribution in [0.1, 0.15) is 37.0 Å². The zero-order chi connectivity index (χ0) is 19.0. The minimum Gasteiger partial charge on any atom is -0.468 e. The Kier molecular flexibility index (Phi) is 6.93. The summed E-state index contributed by atoms with van der Waals surface area (Å²) in [5.41, 5.74) is 0.355. The van der Waals surface area contributed by atoms with Crippen molar-refractivity contribution in [1.29, 1.82) is 0 Å². The Morgan fingerprint density at radius 3 is 2.88 bits per heavy atom. The maximum Gasteiger partial charge on any atom is 0.422 e. The van der Waals surface area contributed by atoms with Crippen molar-refractivity contribution in [3.63, 3.8) is 0 Å². The highest BCUT2D eigenvalue weighted by Crippen LogP contribution is 2.19. The number of halogens is 3. The molecule has 1 amide bonds. The molecule has 0 aliphatic heterocycles. The summed E-state index contributed by atoms with van der Waals surface area (Å²) < 4.78 is 46.5. The van der Waals surface area contributed by atoms with Gasteiger partial charge >= 0.3 is 6.18 Å². The van der Waals surface area contributed by atoms with E-state index >= 15 is 0 Å². The van der Waals surface area contributed by atoms with Crippen molar-refractivity contribution >= 4 is 5.91 Å². The van der Waals surface area contributed by atoms with E-state index in [1.165, 1.54) is 12.3 Å². The van der Waals surface area contributed by atoms with Crippen LogP contribution in [-0.4, -0.2) is 33.8 Å². The molecular weight excluding hydrogens is 353 g/mol. The molecule has 142 valence electrons.